The second-order valence-electron chi connectivity index (χ2n) is 10.8. The van der Waals surface area contributed by atoms with E-state index in [9.17, 15) is 9.59 Å². The number of carbonyl (C=O) groups excluding carboxylic acids is 2. The number of ketones is 1. The molecule has 0 fully saturated rings. The number of hydrogen-bond donors (Lipinski definition) is 0. The second-order valence-corrected chi connectivity index (χ2v) is 10.8. The molecule has 0 saturated carbocycles. The molecule has 4 aromatic rings. The normalized spacial score (nSPS) is 12.0. The van der Waals surface area contributed by atoms with E-state index in [-0.39, 0.29) is 17.9 Å². The Labute approximate surface area is 238 Å². The number of fused-ring (bicyclic) bond motifs is 1. The lowest BCUT2D eigenvalue weighted by molar-refractivity contribution is -0.143. The molecule has 0 spiro atoms. The molecule has 0 saturated heterocycles. The number of ether oxygens (including phenoxy) is 2. The maximum atomic E-state index is 13.6. The number of hydrogen-bond acceptors (Lipinski definition) is 4. The van der Waals surface area contributed by atoms with Crippen LogP contribution in [0.25, 0.3) is 5.52 Å². The molecular formula is C35H41NO4. The van der Waals surface area contributed by atoms with Crippen LogP contribution in [0.15, 0.2) is 79.0 Å². The van der Waals surface area contributed by atoms with E-state index in [1.165, 1.54) is 11.1 Å². The van der Waals surface area contributed by atoms with Gasteiger partial charge in [0.25, 0.3) is 0 Å². The van der Waals surface area contributed by atoms with E-state index in [1.807, 2.05) is 66.1 Å². The minimum Gasteiger partial charge on any atom is -0.486 e. The molecule has 2 aromatic carbocycles. The number of pyridine rings is 1. The van der Waals surface area contributed by atoms with Crippen molar-refractivity contribution in [2.75, 3.05) is 6.61 Å². The van der Waals surface area contributed by atoms with E-state index < -0.39 is 0 Å². The van der Waals surface area contributed by atoms with Crippen LogP contribution in [0.1, 0.15) is 92.2 Å². The molecule has 5 nitrogen and oxygen atoms in total. The van der Waals surface area contributed by atoms with Crippen LogP contribution in [-0.2, 0) is 22.4 Å². The topological polar surface area (TPSA) is 57.0 Å². The molecule has 0 N–H and O–H groups in total. The Morgan fingerprint density at radius 2 is 1.68 bits per heavy atom. The fourth-order valence-electron chi connectivity index (χ4n) is 5.14. The van der Waals surface area contributed by atoms with Crippen molar-refractivity contribution in [1.29, 1.82) is 0 Å². The first-order valence-electron chi connectivity index (χ1n) is 14.5. The maximum absolute atomic E-state index is 13.6. The van der Waals surface area contributed by atoms with Gasteiger partial charge in [0.05, 0.1) is 12.1 Å². The van der Waals surface area contributed by atoms with Crippen molar-refractivity contribution in [2.24, 2.45) is 5.92 Å². The molecule has 2 aromatic heterocycles. The highest BCUT2D eigenvalue weighted by atomic mass is 16.5. The average molecular weight is 540 g/mol. The lowest BCUT2D eigenvalue weighted by Crippen LogP contribution is -2.08. The first-order chi connectivity index (χ1) is 19.4. The average Bonchev–Trinajstić information content (AvgIpc) is 3.32. The fraction of sp³-hybridized carbons (Fsp3) is 0.371. The highest BCUT2D eigenvalue weighted by molar-refractivity contribution is 6.13. The number of benzene rings is 2. The minimum atomic E-state index is -0.189. The molecule has 0 bridgehead atoms. The van der Waals surface area contributed by atoms with Crippen LogP contribution in [0.3, 0.4) is 0 Å². The summed E-state index contributed by atoms with van der Waals surface area (Å²) in [5, 5.41) is 0. The van der Waals surface area contributed by atoms with Crippen LogP contribution in [-0.4, -0.2) is 22.8 Å². The molecule has 0 radical (unpaired) electrons. The molecule has 1 atom stereocenters. The van der Waals surface area contributed by atoms with Crippen LogP contribution in [0.5, 0.6) is 5.75 Å². The molecule has 210 valence electrons. The Morgan fingerprint density at radius 1 is 0.925 bits per heavy atom. The summed E-state index contributed by atoms with van der Waals surface area (Å²) in [5.41, 5.74) is 5.66. The monoisotopic (exact) mass is 539 g/mol. The largest absolute Gasteiger partial charge is 0.486 e. The van der Waals surface area contributed by atoms with Gasteiger partial charge in [-0.25, -0.2) is 0 Å². The van der Waals surface area contributed by atoms with Gasteiger partial charge in [0.15, 0.2) is 5.78 Å². The molecule has 2 heterocycles. The van der Waals surface area contributed by atoms with Gasteiger partial charge >= 0.3 is 5.97 Å². The zero-order chi connectivity index (χ0) is 28.5. The van der Waals surface area contributed by atoms with Gasteiger partial charge in [0, 0.05) is 29.4 Å². The summed E-state index contributed by atoms with van der Waals surface area (Å²) in [6.07, 6.45) is 6.64. The zero-order valence-electron chi connectivity index (χ0n) is 24.2. The third-order valence-electron chi connectivity index (χ3n) is 7.06. The van der Waals surface area contributed by atoms with Gasteiger partial charge in [-0.05, 0) is 92.1 Å². The summed E-state index contributed by atoms with van der Waals surface area (Å²) in [7, 11) is 0. The Morgan fingerprint density at radius 3 is 2.35 bits per heavy atom. The van der Waals surface area contributed by atoms with Crippen molar-refractivity contribution in [3.63, 3.8) is 0 Å². The predicted octanol–water partition coefficient (Wildman–Crippen LogP) is 8.17. The number of aryl methyl sites for hydroxylation is 1. The second kappa shape index (κ2) is 14.0. The standard InChI is InChI=1S/C35H41NO4/c1-5-10-33(27-16-14-26(15-17-27)23-25(3)4)40-30-20-18-28(19-21-30)35(38)31-24-29(11-9-13-34(37)39-6-2)36-22-8-7-12-32(31)36/h7-8,12,14-22,24-25,33H,5-6,9-11,13,23H2,1-4H3/t33-/m0/s1. The molecule has 4 rings (SSSR count). The van der Waals surface area contributed by atoms with Crippen LogP contribution >= 0.6 is 0 Å². The first kappa shape index (κ1) is 29.1. The van der Waals surface area contributed by atoms with E-state index in [0.29, 0.717) is 42.9 Å². The highest BCUT2D eigenvalue weighted by Crippen LogP contribution is 2.28. The van der Waals surface area contributed by atoms with Gasteiger partial charge in [-0.2, -0.15) is 0 Å². The summed E-state index contributed by atoms with van der Waals surface area (Å²) in [6, 6.07) is 24.0. The molecule has 5 heteroatoms. The number of aromatic nitrogens is 1. The SMILES string of the molecule is CCC[C@H](Oc1ccc(C(=O)c2cc(CCCC(=O)OCC)n3ccccc23)cc1)c1ccc(CC(C)C)cc1. The Kier molecular flexibility index (Phi) is 10.2. The van der Waals surface area contributed by atoms with E-state index in [0.717, 1.165) is 36.2 Å². The summed E-state index contributed by atoms with van der Waals surface area (Å²) in [4.78, 5) is 25.3. The van der Waals surface area contributed by atoms with Crippen molar-refractivity contribution in [3.05, 3.63) is 107 Å². The Hall–Kier alpha value is -3.86. The number of rotatable bonds is 14. The van der Waals surface area contributed by atoms with Gasteiger partial charge in [-0.15, -0.1) is 0 Å². The van der Waals surface area contributed by atoms with Gasteiger partial charge in [0.1, 0.15) is 11.9 Å². The van der Waals surface area contributed by atoms with Crippen molar-refractivity contribution in [2.45, 2.75) is 72.3 Å². The van der Waals surface area contributed by atoms with Crippen molar-refractivity contribution < 1.29 is 19.1 Å². The summed E-state index contributed by atoms with van der Waals surface area (Å²) >= 11 is 0. The highest BCUT2D eigenvalue weighted by Gasteiger charge is 2.18. The number of carbonyl (C=O) groups is 2. The molecule has 40 heavy (non-hydrogen) atoms. The molecule has 0 amide bonds. The molecule has 0 unspecified atom stereocenters. The Bertz CT molecular complexity index is 1400. The summed E-state index contributed by atoms with van der Waals surface area (Å²) in [6.45, 7) is 8.83. The summed E-state index contributed by atoms with van der Waals surface area (Å²) < 4.78 is 13.5. The quantitative estimate of drug-likeness (QED) is 0.120. The molecule has 0 aliphatic carbocycles. The Balaban J connectivity index is 1.48. The molecular weight excluding hydrogens is 498 g/mol. The maximum Gasteiger partial charge on any atom is 0.305 e. The van der Waals surface area contributed by atoms with E-state index in [2.05, 4.69) is 45.0 Å². The minimum absolute atomic E-state index is 0.0299. The van der Waals surface area contributed by atoms with E-state index in [4.69, 9.17) is 9.47 Å². The third-order valence-corrected chi connectivity index (χ3v) is 7.06. The van der Waals surface area contributed by atoms with Crippen molar-refractivity contribution in [3.8, 4) is 5.75 Å². The van der Waals surface area contributed by atoms with E-state index >= 15 is 0 Å². The predicted molar refractivity (Wildman–Crippen MR) is 160 cm³/mol. The van der Waals surface area contributed by atoms with Gasteiger partial charge in [-0.3, -0.25) is 9.59 Å². The van der Waals surface area contributed by atoms with Crippen LogP contribution in [0.4, 0.5) is 0 Å². The van der Waals surface area contributed by atoms with Crippen LogP contribution < -0.4 is 4.74 Å². The fourth-order valence-corrected chi connectivity index (χ4v) is 5.14. The van der Waals surface area contributed by atoms with Gasteiger partial charge in [-0.1, -0.05) is 57.5 Å². The smallest absolute Gasteiger partial charge is 0.305 e. The van der Waals surface area contributed by atoms with Gasteiger partial charge in [0.2, 0.25) is 0 Å². The summed E-state index contributed by atoms with van der Waals surface area (Å²) in [5.74, 6) is 1.16. The number of nitrogens with zero attached hydrogens (tertiary/aromatic N) is 1. The third kappa shape index (κ3) is 7.41. The van der Waals surface area contributed by atoms with Gasteiger partial charge < -0.3 is 13.9 Å². The van der Waals surface area contributed by atoms with E-state index in [1.54, 1.807) is 0 Å². The molecule has 0 aliphatic rings. The van der Waals surface area contributed by atoms with Crippen LogP contribution in [0.2, 0.25) is 0 Å². The lowest BCUT2D eigenvalue weighted by Gasteiger charge is -2.20. The lowest BCUT2D eigenvalue weighted by atomic mass is 9.99. The zero-order valence-corrected chi connectivity index (χ0v) is 24.2. The number of esters is 1. The van der Waals surface area contributed by atoms with Crippen molar-refractivity contribution >= 4 is 17.3 Å². The molecule has 0 aliphatic heterocycles. The first-order valence-corrected chi connectivity index (χ1v) is 14.5. The van der Waals surface area contributed by atoms with Crippen molar-refractivity contribution in [1.82, 2.24) is 4.40 Å². The van der Waals surface area contributed by atoms with Crippen LogP contribution in [0, 0.1) is 5.92 Å².